The van der Waals surface area contributed by atoms with E-state index in [1.807, 2.05) is 67.7 Å². The zero-order chi connectivity index (χ0) is 58.2. The molecule has 5 heteroatoms. The molecule has 0 saturated carbocycles. The molecule has 0 fully saturated rings. The summed E-state index contributed by atoms with van der Waals surface area (Å²) in [6.45, 7) is 24.7. The standard InChI is InChI=1S/C67H61N4.Pt/c1-42-34-43(2)62(44(3)35-42)50-36-53(67(10,11)52-30-31-56-55-26-18-19-27-57(55)71(60(56)39-52)61-40-51(32-33-68-61)66(7,8)9)38-54(37-50)69-41-70(59-29-21-20-28-58(59)69)65-63(48-22-14-12-15-23-48)46(5)45(4)47(6)64(65)49-24-16-13-17-25-49;/h12-37,40-41H,1-11H3;/q-3;/i12D,13D,14D,15D,16D,17D,22D,23D,24D,25D;. The van der Waals surface area contributed by atoms with Crippen molar-refractivity contribution in [3.63, 3.8) is 0 Å². The molecule has 10 aromatic rings. The van der Waals surface area contributed by atoms with Gasteiger partial charge in [-0.25, -0.2) is 4.98 Å². The summed E-state index contributed by atoms with van der Waals surface area (Å²) in [6.07, 6.45) is 1.88. The minimum absolute atomic E-state index is 0. The molecule has 0 N–H and O–H groups in total. The zero-order valence-electron chi connectivity index (χ0n) is 52.5. The van der Waals surface area contributed by atoms with E-state index in [0.29, 0.717) is 33.8 Å². The number of para-hydroxylation sites is 3. The van der Waals surface area contributed by atoms with Gasteiger partial charge in [-0.05, 0) is 138 Å². The van der Waals surface area contributed by atoms with E-state index in [4.69, 9.17) is 13.2 Å². The number of hydrogen-bond acceptors (Lipinski definition) is 3. The van der Waals surface area contributed by atoms with Gasteiger partial charge in [0, 0.05) is 61.0 Å². The van der Waals surface area contributed by atoms with Gasteiger partial charge in [-0.3, -0.25) is 0 Å². The Kier molecular flexibility index (Phi) is 9.72. The maximum Gasteiger partial charge on any atom is 0.135 e. The fourth-order valence-electron chi connectivity index (χ4n) is 10.7. The van der Waals surface area contributed by atoms with Crippen molar-refractivity contribution in [2.75, 3.05) is 9.80 Å². The molecule has 0 radical (unpaired) electrons. The van der Waals surface area contributed by atoms with Crippen LogP contribution in [0.25, 0.3) is 61.0 Å². The number of fused-ring (bicyclic) bond motifs is 4. The van der Waals surface area contributed by atoms with Crippen LogP contribution in [0.5, 0.6) is 0 Å². The number of benzene rings is 8. The van der Waals surface area contributed by atoms with E-state index in [-0.39, 0.29) is 54.4 Å². The largest absolute Gasteiger partial charge is 0.493 e. The molecule has 72 heavy (non-hydrogen) atoms. The zero-order valence-corrected chi connectivity index (χ0v) is 44.8. The molecule has 0 spiro atoms. The molecule has 11 rings (SSSR count). The Morgan fingerprint density at radius 2 is 1.15 bits per heavy atom. The average molecular weight is 1130 g/mol. The van der Waals surface area contributed by atoms with Crippen molar-refractivity contribution in [1.82, 2.24) is 9.55 Å². The summed E-state index contributed by atoms with van der Waals surface area (Å²) in [5, 5.41) is 2.14. The molecule has 4 nitrogen and oxygen atoms in total. The van der Waals surface area contributed by atoms with Crippen LogP contribution in [0.2, 0.25) is 0 Å². The number of nitrogens with zero attached hydrogens (tertiary/aromatic N) is 4. The molecule has 3 heterocycles. The predicted octanol–water partition coefficient (Wildman–Crippen LogP) is 17.7. The SMILES string of the molecule is [2H]c1c([2H])c([2H])c(-c2c(C)c(C)c(C)c(-c3c([2H])c([2H])c([2H])c([2H])c3[2H])c2N2[CH-]N(c3[c-]c(C(C)(C)c4[c-]c5c(cc4)c4ccccc4n5-c4cc(C(C)(C)C)ccn4)cc(-c4c(C)cc(C)cc4C)c3)c3ccccc32)c([2H])c1[2H].[Pt]. The summed E-state index contributed by atoms with van der Waals surface area (Å²) in [7, 11) is 0. The van der Waals surface area contributed by atoms with Crippen LogP contribution in [-0.4, -0.2) is 9.55 Å². The van der Waals surface area contributed by atoms with Crippen LogP contribution < -0.4 is 9.80 Å². The third-order valence-electron chi connectivity index (χ3n) is 14.6. The van der Waals surface area contributed by atoms with Crippen LogP contribution in [0, 0.1) is 60.3 Å². The van der Waals surface area contributed by atoms with Gasteiger partial charge in [-0.2, -0.15) is 41.5 Å². The Morgan fingerprint density at radius 3 is 1.78 bits per heavy atom. The minimum Gasteiger partial charge on any atom is -0.493 e. The molecule has 0 saturated heterocycles. The van der Waals surface area contributed by atoms with Crippen LogP contribution in [0.1, 0.15) is 98.4 Å². The summed E-state index contributed by atoms with van der Waals surface area (Å²) in [5.74, 6) is 0.803. The Bertz CT molecular complexity index is 4150. The number of aryl methyl sites for hydroxylation is 3. The molecular formula is C67H61N4Pt-3. The van der Waals surface area contributed by atoms with Gasteiger partial charge >= 0.3 is 0 Å². The molecule has 0 aliphatic carbocycles. The number of rotatable bonds is 8. The molecule has 0 unspecified atom stereocenters. The second-order valence-corrected chi connectivity index (χ2v) is 20.5. The first kappa shape index (κ1) is 37.7. The van der Waals surface area contributed by atoms with Gasteiger partial charge in [-0.1, -0.05) is 149 Å². The van der Waals surface area contributed by atoms with Crippen LogP contribution in [0.4, 0.5) is 22.7 Å². The molecule has 1 aliphatic heterocycles. The Morgan fingerprint density at radius 1 is 0.556 bits per heavy atom. The minimum atomic E-state index is -0.736. The quantitative estimate of drug-likeness (QED) is 0.142. The summed E-state index contributed by atoms with van der Waals surface area (Å²) in [4.78, 5) is 8.85. The molecule has 0 atom stereocenters. The molecule has 2 aromatic heterocycles. The van der Waals surface area contributed by atoms with Crippen molar-refractivity contribution in [2.45, 2.75) is 87.0 Å². The number of pyridine rings is 1. The first-order valence-corrected chi connectivity index (χ1v) is 24.1. The topological polar surface area (TPSA) is 24.3 Å². The van der Waals surface area contributed by atoms with E-state index in [1.54, 1.807) is 0 Å². The molecule has 0 bridgehead atoms. The molecular weight excluding hydrogens is 1060 g/mol. The van der Waals surface area contributed by atoms with Gasteiger partial charge in [0.05, 0.1) is 13.7 Å². The smallest absolute Gasteiger partial charge is 0.135 e. The Hall–Kier alpha value is -7.00. The molecule has 362 valence electrons. The van der Waals surface area contributed by atoms with Crippen LogP contribution in [0.15, 0.2) is 164 Å². The summed E-state index contributed by atoms with van der Waals surface area (Å²) >= 11 is 0. The summed E-state index contributed by atoms with van der Waals surface area (Å²) in [5.41, 5.74) is 13.9. The van der Waals surface area contributed by atoms with E-state index in [9.17, 15) is 5.48 Å². The van der Waals surface area contributed by atoms with Crippen molar-refractivity contribution in [1.29, 1.82) is 0 Å². The molecule has 8 aromatic carbocycles. The number of aromatic nitrogens is 2. The van der Waals surface area contributed by atoms with E-state index in [2.05, 4.69) is 145 Å². The summed E-state index contributed by atoms with van der Waals surface area (Å²) < 4.78 is 92.6. The third-order valence-corrected chi connectivity index (χ3v) is 14.6. The third kappa shape index (κ3) is 8.19. The number of anilines is 4. The van der Waals surface area contributed by atoms with Crippen molar-refractivity contribution in [3.05, 3.63) is 233 Å². The van der Waals surface area contributed by atoms with Crippen molar-refractivity contribution in [3.8, 4) is 39.2 Å². The van der Waals surface area contributed by atoms with Crippen molar-refractivity contribution in [2.24, 2.45) is 0 Å². The molecule has 1 aliphatic rings. The first-order chi connectivity index (χ1) is 38.2. The molecule has 0 amide bonds. The predicted molar refractivity (Wildman–Crippen MR) is 300 cm³/mol. The summed E-state index contributed by atoms with van der Waals surface area (Å²) in [6, 6.07) is 36.3. The second-order valence-electron chi connectivity index (χ2n) is 20.5. The van der Waals surface area contributed by atoms with Crippen LogP contribution in [0.3, 0.4) is 0 Å². The average Bonchev–Trinajstić information content (AvgIpc) is 1.68. The fourth-order valence-corrected chi connectivity index (χ4v) is 10.7. The fraction of sp³-hybridized carbons (Fsp3) is 0.194. The maximum atomic E-state index is 9.42. The van der Waals surface area contributed by atoms with Gasteiger partial charge in [0.2, 0.25) is 0 Å². The van der Waals surface area contributed by atoms with Crippen molar-refractivity contribution < 1.29 is 34.8 Å². The van der Waals surface area contributed by atoms with Crippen molar-refractivity contribution >= 4 is 44.6 Å². The van der Waals surface area contributed by atoms with Gasteiger partial charge in [-0.15, -0.1) is 29.4 Å². The van der Waals surface area contributed by atoms with E-state index >= 15 is 0 Å². The normalized spacial score (nSPS) is 14.7. The van der Waals surface area contributed by atoms with Crippen LogP contribution >= 0.6 is 0 Å². The van der Waals surface area contributed by atoms with Gasteiger partial charge in [0.25, 0.3) is 0 Å². The van der Waals surface area contributed by atoms with E-state index in [1.165, 1.54) is 0 Å². The Labute approximate surface area is 455 Å². The first-order valence-electron chi connectivity index (χ1n) is 29.1. The maximum absolute atomic E-state index is 9.42. The van der Waals surface area contributed by atoms with E-state index < -0.39 is 65.8 Å². The van der Waals surface area contributed by atoms with Gasteiger partial charge < -0.3 is 14.4 Å². The second kappa shape index (κ2) is 18.6. The Balaban J connectivity index is 0.00000753. The number of hydrogen-bond donors (Lipinski definition) is 0. The van der Waals surface area contributed by atoms with E-state index in [0.717, 1.165) is 72.1 Å². The monoisotopic (exact) mass is 1130 g/mol. The van der Waals surface area contributed by atoms with Crippen LogP contribution in [-0.2, 0) is 31.9 Å². The van der Waals surface area contributed by atoms with Gasteiger partial charge in [0.15, 0.2) is 0 Å². The van der Waals surface area contributed by atoms with Gasteiger partial charge in [0.1, 0.15) is 5.82 Å².